The Morgan fingerprint density at radius 3 is 2.41 bits per heavy atom. The summed E-state index contributed by atoms with van der Waals surface area (Å²) in [5.41, 5.74) is -0.945. The summed E-state index contributed by atoms with van der Waals surface area (Å²) in [6, 6.07) is 11.6. The van der Waals surface area contributed by atoms with E-state index in [0.717, 1.165) is 12.1 Å². The molecule has 0 fully saturated rings. The number of hydrogen-bond donors (Lipinski definition) is 0. The molecule has 170 valence electrons. The number of amides is 1. The zero-order valence-electron chi connectivity index (χ0n) is 17.2. The number of ether oxygens (including phenoxy) is 1. The van der Waals surface area contributed by atoms with E-state index >= 15 is 0 Å². The van der Waals surface area contributed by atoms with Crippen LogP contribution in [-0.2, 0) is 14.8 Å². The Labute approximate surface area is 183 Å². The van der Waals surface area contributed by atoms with Gasteiger partial charge < -0.3 is 4.74 Å². The van der Waals surface area contributed by atoms with Crippen molar-refractivity contribution in [2.24, 2.45) is 0 Å². The van der Waals surface area contributed by atoms with Crippen LogP contribution in [0.5, 0.6) is 5.75 Å². The van der Waals surface area contributed by atoms with Gasteiger partial charge >= 0.3 is 0 Å². The number of halogens is 3. The van der Waals surface area contributed by atoms with Gasteiger partial charge in [0.1, 0.15) is 5.69 Å². The molecule has 3 rings (SSSR count). The number of aromatic nitrogens is 2. The molecule has 32 heavy (non-hydrogen) atoms. The van der Waals surface area contributed by atoms with Crippen LogP contribution in [0.25, 0.3) is 11.3 Å². The predicted octanol–water partition coefficient (Wildman–Crippen LogP) is 4.29. The lowest BCUT2D eigenvalue weighted by Gasteiger charge is -2.24. The van der Waals surface area contributed by atoms with Gasteiger partial charge in [0, 0.05) is 12.0 Å². The minimum atomic E-state index is -4.52. The highest BCUT2D eigenvalue weighted by Gasteiger charge is 2.34. The SMILES string of the molecule is CCCC(=O)N(n1nc(C(F)F)cc1-c1ccc(OC)c(F)c1)S(=O)(=O)c1ccccc1. The van der Waals surface area contributed by atoms with Crippen LogP contribution in [-0.4, -0.2) is 31.3 Å². The summed E-state index contributed by atoms with van der Waals surface area (Å²) in [4.78, 5) is 13.3. The maximum absolute atomic E-state index is 14.3. The number of rotatable bonds is 8. The molecule has 0 unspecified atom stereocenters. The summed E-state index contributed by atoms with van der Waals surface area (Å²) in [6.07, 6.45) is -2.94. The first-order chi connectivity index (χ1) is 15.2. The van der Waals surface area contributed by atoms with E-state index in [1.165, 1.54) is 43.5 Å². The van der Waals surface area contributed by atoms with Crippen molar-refractivity contribution < 1.29 is 31.1 Å². The lowest BCUT2D eigenvalue weighted by Crippen LogP contribution is -2.46. The highest BCUT2D eigenvalue weighted by atomic mass is 32.2. The molecule has 0 aliphatic heterocycles. The topological polar surface area (TPSA) is 81.5 Å². The molecule has 0 N–H and O–H groups in total. The number of hydrogen-bond acceptors (Lipinski definition) is 5. The molecule has 3 aromatic rings. The average Bonchev–Trinajstić information content (AvgIpc) is 3.19. The lowest BCUT2D eigenvalue weighted by atomic mass is 10.1. The van der Waals surface area contributed by atoms with Crippen LogP contribution < -0.4 is 9.15 Å². The molecule has 7 nitrogen and oxygen atoms in total. The van der Waals surface area contributed by atoms with Gasteiger partial charge in [-0.05, 0) is 42.8 Å². The third-order valence-electron chi connectivity index (χ3n) is 4.50. The quantitative estimate of drug-likeness (QED) is 0.494. The Hall–Kier alpha value is -3.34. The Kier molecular flexibility index (Phi) is 6.87. The van der Waals surface area contributed by atoms with E-state index in [9.17, 15) is 26.4 Å². The van der Waals surface area contributed by atoms with Gasteiger partial charge in [-0.15, -0.1) is 9.51 Å². The first-order valence-corrected chi connectivity index (χ1v) is 11.0. The van der Waals surface area contributed by atoms with Crippen molar-refractivity contribution in [2.45, 2.75) is 31.1 Å². The highest BCUT2D eigenvalue weighted by molar-refractivity contribution is 7.93. The Morgan fingerprint density at radius 1 is 1.16 bits per heavy atom. The molecular weight excluding hydrogens is 447 g/mol. The van der Waals surface area contributed by atoms with Crippen LogP contribution in [0.2, 0.25) is 0 Å². The van der Waals surface area contributed by atoms with E-state index in [1.54, 1.807) is 13.0 Å². The van der Waals surface area contributed by atoms with Crippen molar-refractivity contribution >= 4 is 15.9 Å². The van der Waals surface area contributed by atoms with Crippen molar-refractivity contribution in [3.05, 3.63) is 66.1 Å². The summed E-state index contributed by atoms with van der Waals surface area (Å²) in [6.45, 7) is 1.67. The number of sulfonamides is 1. The van der Waals surface area contributed by atoms with Crippen molar-refractivity contribution in [2.75, 3.05) is 11.5 Å². The maximum atomic E-state index is 14.3. The number of carbonyl (C=O) groups is 1. The first kappa shape index (κ1) is 23.3. The van der Waals surface area contributed by atoms with Crippen molar-refractivity contribution in [3.63, 3.8) is 0 Å². The Balaban J connectivity index is 2.27. The molecule has 0 aliphatic carbocycles. The highest BCUT2D eigenvalue weighted by Crippen LogP contribution is 2.30. The number of alkyl halides is 2. The monoisotopic (exact) mass is 467 g/mol. The van der Waals surface area contributed by atoms with E-state index in [4.69, 9.17) is 4.74 Å². The molecule has 0 saturated carbocycles. The predicted molar refractivity (Wildman–Crippen MR) is 111 cm³/mol. The minimum absolute atomic E-state index is 0.0280. The van der Waals surface area contributed by atoms with Crippen molar-refractivity contribution in [1.82, 2.24) is 9.89 Å². The lowest BCUT2D eigenvalue weighted by molar-refractivity contribution is -0.118. The van der Waals surface area contributed by atoms with E-state index in [1.807, 2.05) is 0 Å². The summed E-state index contributed by atoms with van der Waals surface area (Å²) in [5, 5.41) is 3.69. The fraction of sp³-hybridized carbons (Fsp3) is 0.238. The zero-order valence-corrected chi connectivity index (χ0v) is 18.0. The molecule has 2 aromatic carbocycles. The molecule has 0 aliphatic rings. The Bertz CT molecular complexity index is 1210. The van der Waals surface area contributed by atoms with E-state index in [0.29, 0.717) is 15.6 Å². The van der Waals surface area contributed by atoms with E-state index in [2.05, 4.69) is 5.10 Å². The molecule has 0 bridgehead atoms. The van der Waals surface area contributed by atoms with Crippen LogP contribution in [0.15, 0.2) is 59.5 Å². The second kappa shape index (κ2) is 9.43. The Morgan fingerprint density at radius 2 is 1.84 bits per heavy atom. The standard InChI is InChI=1S/C21H20F3N3O4S/c1-3-7-20(28)27(32(29,30)15-8-5-4-6-9-15)26-18(13-17(25-26)21(23)24)14-10-11-19(31-2)16(22)12-14/h4-6,8-13,21H,3,7H2,1-2H3. The normalized spacial score (nSPS) is 11.6. The van der Waals surface area contributed by atoms with E-state index < -0.39 is 33.9 Å². The third-order valence-corrected chi connectivity index (χ3v) is 6.18. The summed E-state index contributed by atoms with van der Waals surface area (Å²) in [7, 11) is -3.26. The van der Waals surface area contributed by atoms with Crippen LogP contribution in [0.4, 0.5) is 13.2 Å². The minimum Gasteiger partial charge on any atom is -0.494 e. The summed E-state index contributed by atoms with van der Waals surface area (Å²) in [5.74, 6) is -1.77. The van der Waals surface area contributed by atoms with E-state index in [-0.39, 0.29) is 28.3 Å². The van der Waals surface area contributed by atoms with Gasteiger partial charge in [-0.25, -0.2) is 13.2 Å². The third kappa shape index (κ3) is 4.47. The molecule has 0 saturated heterocycles. The second-order valence-electron chi connectivity index (χ2n) is 6.70. The number of methoxy groups -OCH3 is 1. The number of benzene rings is 2. The van der Waals surface area contributed by atoms with Gasteiger partial charge in [-0.1, -0.05) is 25.1 Å². The smallest absolute Gasteiger partial charge is 0.286 e. The molecule has 1 amide bonds. The number of nitrogens with zero attached hydrogens (tertiary/aromatic N) is 3. The second-order valence-corrected chi connectivity index (χ2v) is 8.47. The van der Waals surface area contributed by atoms with Crippen LogP contribution in [0, 0.1) is 5.82 Å². The molecule has 1 heterocycles. The fourth-order valence-electron chi connectivity index (χ4n) is 3.00. The summed E-state index contributed by atoms with van der Waals surface area (Å²) < 4.78 is 73.2. The number of carbonyl (C=O) groups excluding carboxylic acids is 1. The van der Waals surface area contributed by atoms with Crippen molar-refractivity contribution in [3.8, 4) is 17.0 Å². The maximum Gasteiger partial charge on any atom is 0.286 e. The molecule has 11 heteroatoms. The van der Waals surface area contributed by atoms with Crippen molar-refractivity contribution in [1.29, 1.82) is 0 Å². The van der Waals surface area contributed by atoms with Crippen LogP contribution >= 0.6 is 0 Å². The average molecular weight is 467 g/mol. The molecule has 0 atom stereocenters. The van der Waals surface area contributed by atoms with Gasteiger partial charge in [0.2, 0.25) is 0 Å². The van der Waals surface area contributed by atoms with Gasteiger partial charge in [-0.3, -0.25) is 4.79 Å². The molecule has 0 radical (unpaired) electrons. The summed E-state index contributed by atoms with van der Waals surface area (Å²) >= 11 is 0. The van der Waals surface area contributed by atoms with Gasteiger partial charge in [0.15, 0.2) is 11.6 Å². The van der Waals surface area contributed by atoms with Gasteiger partial charge in [0.25, 0.3) is 22.4 Å². The van der Waals surface area contributed by atoms with Crippen LogP contribution in [0.1, 0.15) is 31.9 Å². The fourth-order valence-corrected chi connectivity index (χ4v) is 4.39. The molecule has 0 spiro atoms. The molecular formula is C21H20F3N3O4S. The first-order valence-electron chi connectivity index (χ1n) is 9.56. The van der Waals surface area contributed by atoms with Gasteiger partial charge in [0.05, 0.1) is 17.7 Å². The van der Waals surface area contributed by atoms with Crippen LogP contribution in [0.3, 0.4) is 0 Å². The molecule has 1 aromatic heterocycles. The van der Waals surface area contributed by atoms with Gasteiger partial charge in [-0.2, -0.15) is 13.2 Å². The zero-order chi connectivity index (χ0) is 23.5. The largest absolute Gasteiger partial charge is 0.494 e.